The van der Waals surface area contributed by atoms with Gasteiger partial charge in [-0.3, -0.25) is 4.98 Å². The number of aryl methyl sites for hydroxylation is 2. The van der Waals surface area contributed by atoms with E-state index in [0.717, 1.165) is 21.9 Å². The van der Waals surface area contributed by atoms with Gasteiger partial charge in [-0.05, 0) is 77.1 Å². The van der Waals surface area contributed by atoms with Crippen LogP contribution in [0, 0.1) is 30.4 Å². The molecule has 0 bridgehead atoms. The summed E-state index contributed by atoms with van der Waals surface area (Å²) in [6, 6.07) is 25.8. The van der Waals surface area contributed by atoms with Gasteiger partial charge in [0, 0.05) is 36.3 Å². The molecule has 0 amide bonds. The maximum absolute atomic E-state index is 10.2. The van der Waals surface area contributed by atoms with Gasteiger partial charge in [-0.1, -0.05) is 87.5 Å². The number of aromatic nitrogens is 1. The molecule has 6 aromatic rings. The van der Waals surface area contributed by atoms with Crippen molar-refractivity contribution in [2.45, 2.75) is 40.9 Å². The van der Waals surface area contributed by atoms with Gasteiger partial charge in [0.25, 0.3) is 0 Å². The van der Waals surface area contributed by atoms with Crippen LogP contribution in [0.2, 0.25) is 0 Å². The van der Waals surface area contributed by atoms with Gasteiger partial charge < -0.3 is 4.42 Å². The average Bonchev–Trinajstić information content (AvgIpc) is 3.38. The minimum Gasteiger partial charge on any atom is -0.454 e. The molecule has 0 aliphatic carbocycles. The third-order valence-corrected chi connectivity index (χ3v) is 7.05. The average molecular weight is 528 g/mol. The summed E-state index contributed by atoms with van der Waals surface area (Å²) in [5.41, 5.74) is 4.18. The second-order valence-electron chi connectivity index (χ2n) is 11.3. The zero-order valence-electron chi connectivity index (χ0n) is 29.6. The van der Waals surface area contributed by atoms with Crippen molar-refractivity contribution in [3.8, 4) is 39.6 Å². The van der Waals surface area contributed by atoms with E-state index in [2.05, 4.69) is 11.1 Å². The first-order valence-corrected chi connectivity index (χ1v) is 13.2. The molecule has 0 spiro atoms. The normalized spacial score (nSPS) is 14.9. The molecule has 4 aromatic carbocycles. The summed E-state index contributed by atoms with van der Waals surface area (Å²) >= 11 is 0. The largest absolute Gasteiger partial charge is 0.454 e. The standard InChI is InChI=1S/C37H32N2O/c1-23-18-25(20-37(3,4)5)14-15-27(23)32-19-34(39-22-24(32)2)31-13-9-12-29-30-17-16-28(26-10-7-6-8-11-26)33(21-38)36(30)40-35(29)31/h6-19,22H,20H2,1-5H3/i1D3,2D3,15D. The minimum absolute atomic E-state index is 0.0356. The molecular formula is C37H32N2O. The number of benzene rings is 4. The fourth-order valence-electron chi connectivity index (χ4n) is 5.32. The van der Waals surface area contributed by atoms with E-state index < -0.39 is 13.7 Å². The smallest absolute Gasteiger partial charge is 0.153 e. The highest BCUT2D eigenvalue weighted by Crippen LogP contribution is 2.40. The number of furan rings is 1. The monoisotopic (exact) mass is 527 g/mol. The molecule has 2 heterocycles. The van der Waals surface area contributed by atoms with Crippen LogP contribution in [0.25, 0.3) is 55.4 Å². The first-order chi connectivity index (χ1) is 22.1. The molecular weight excluding hydrogens is 488 g/mol. The summed E-state index contributed by atoms with van der Waals surface area (Å²) in [7, 11) is 0. The van der Waals surface area contributed by atoms with Gasteiger partial charge in [0.15, 0.2) is 5.58 Å². The van der Waals surface area contributed by atoms with E-state index in [4.69, 9.17) is 14.0 Å². The highest BCUT2D eigenvalue weighted by molar-refractivity contribution is 6.12. The van der Waals surface area contributed by atoms with Crippen molar-refractivity contribution in [1.82, 2.24) is 4.98 Å². The number of rotatable bonds is 4. The molecule has 0 atom stereocenters. The van der Waals surface area contributed by atoms with Gasteiger partial charge in [0.05, 0.1) is 7.06 Å². The van der Waals surface area contributed by atoms with E-state index in [1.165, 1.54) is 12.3 Å². The van der Waals surface area contributed by atoms with Crippen molar-refractivity contribution in [3.05, 3.63) is 113 Å². The van der Waals surface area contributed by atoms with Crippen LogP contribution in [0.1, 0.15) is 52.6 Å². The van der Waals surface area contributed by atoms with Gasteiger partial charge in [-0.25, -0.2) is 0 Å². The fraction of sp³-hybridized carbons (Fsp3) is 0.189. The third kappa shape index (κ3) is 4.56. The first-order valence-electron chi connectivity index (χ1n) is 16.7. The van der Waals surface area contributed by atoms with Crippen LogP contribution in [-0.2, 0) is 6.42 Å². The molecule has 0 N–H and O–H groups in total. The summed E-state index contributed by atoms with van der Waals surface area (Å²) in [4.78, 5) is 4.53. The quantitative estimate of drug-likeness (QED) is 0.229. The van der Waals surface area contributed by atoms with E-state index >= 15 is 0 Å². The molecule has 0 unspecified atom stereocenters. The van der Waals surface area contributed by atoms with Crippen LogP contribution >= 0.6 is 0 Å². The van der Waals surface area contributed by atoms with Crippen LogP contribution < -0.4 is 0 Å². The summed E-state index contributed by atoms with van der Waals surface area (Å²) in [5.74, 6) is 0. The molecule has 0 saturated carbocycles. The van der Waals surface area contributed by atoms with Crippen molar-refractivity contribution < 1.29 is 14.0 Å². The van der Waals surface area contributed by atoms with Gasteiger partial charge in [-0.15, -0.1) is 0 Å². The molecule has 0 radical (unpaired) electrons. The van der Waals surface area contributed by atoms with E-state index in [1.54, 1.807) is 18.2 Å². The van der Waals surface area contributed by atoms with Crippen molar-refractivity contribution in [1.29, 1.82) is 5.26 Å². The molecule has 0 fully saturated rings. The molecule has 0 aliphatic heterocycles. The molecule has 0 aliphatic rings. The molecule has 196 valence electrons. The summed E-state index contributed by atoms with van der Waals surface area (Å²) < 4.78 is 65.4. The number of nitriles is 1. The Morgan fingerprint density at radius 1 is 0.825 bits per heavy atom. The molecule has 3 nitrogen and oxygen atoms in total. The number of pyridine rings is 1. The predicted molar refractivity (Wildman–Crippen MR) is 165 cm³/mol. The molecule has 0 saturated heterocycles. The topological polar surface area (TPSA) is 49.8 Å². The second-order valence-corrected chi connectivity index (χ2v) is 11.3. The van der Waals surface area contributed by atoms with Crippen LogP contribution in [0.15, 0.2) is 95.5 Å². The Morgan fingerprint density at radius 2 is 1.62 bits per heavy atom. The Labute approximate surface area is 245 Å². The fourth-order valence-corrected chi connectivity index (χ4v) is 5.32. The molecule has 2 aromatic heterocycles. The van der Waals surface area contributed by atoms with E-state index in [1.807, 2.05) is 75.4 Å². The zero-order valence-corrected chi connectivity index (χ0v) is 22.6. The highest BCUT2D eigenvalue weighted by atomic mass is 16.3. The maximum atomic E-state index is 10.2. The second kappa shape index (κ2) is 9.81. The van der Waals surface area contributed by atoms with Crippen molar-refractivity contribution in [2.75, 3.05) is 0 Å². The zero-order chi connectivity index (χ0) is 33.9. The van der Waals surface area contributed by atoms with Gasteiger partial charge >= 0.3 is 0 Å². The molecule has 6 rings (SSSR count). The Kier molecular flexibility index (Phi) is 4.56. The molecule has 3 heteroatoms. The Balaban J connectivity index is 1.61. The Hall–Kier alpha value is -4.68. The summed E-state index contributed by atoms with van der Waals surface area (Å²) in [5, 5.41) is 11.7. The van der Waals surface area contributed by atoms with E-state index in [0.29, 0.717) is 40.0 Å². The van der Waals surface area contributed by atoms with Crippen molar-refractivity contribution in [2.24, 2.45) is 5.41 Å². The lowest BCUT2D eigenvalue weighted by Gasteiger charge is -2.19. The van der Waals surface area contributed by atoms with Gasteiger partial charge in [0.2, 0.25) is 0 Å². The predicted octanol–water partition coefficient (Wildman–Crippen LogP) is 10.1. The minimum atomic E-state index is -2.63. The number of para-hydroxylation sites is 1. The van der Waals surface area contributed by atoms with Gasteiger partial charge in [0.1, 0.15) is 17.2 Å². The SMILES string of the molecule is [2H]c1cc(CC(C)(C)C)cc(C([2H])([2H])[2H])c1-c1cc(-c2cccc3c2oc2c(C#N)c(-c4ccccc4)ccc23)ncc1C([2H])([2H])[2H]. The lowest BCUT2D eigenvalue weighted by atomic mass is 9.86. The maximum Gasteiger partial charge on any atom is 0.153 e. The Morgan fingerprint density at radius 3 is 2.38 bits per heavy atom. The summed E-state index contributed by atoms with van der Waals surface area (Å²) in [6.07, 6.45) is 1.78. The number of fused-ring (bicyclic) bond motifs is 3. The number of nitrogens with zero attached hydrogens (tertiary/aromatic N) is 2. The first kappa shape index (κ1) is 18.6. The van der Waals surface area contributed by atoms with Crippen molar-refractivity contribution in [3.63, 3.8) is 0 Å². The third-order valence-electron chi connectivity index (χ3n) is 7.05. The summed E-state index contributed by atoms with van der Waals surface area (Å²) in [6.45, 7) is 0.841. The van der Waals surface area contributed by atoms with E-state index in [-0.39, 0.29) is 33.7 Å². The van der Waals surface area contributed by atoms with Crippen LogP contribution in [0.5, 0.6) is 0 Å². The van der Waals surface area contributed by atoms with Crippen molar-refractivity contribution >= 4 is 21.9 Å². The lowest BCUT2D eigenvalue weighted by molar-refractivity contribution is 0.411. The number of hydrogen-bond donors (Lipinski definition) is 0. The van der Waals surface area contributed by atoms with Crippen LogP contribution in [-0.4, -0.2) is 4.98 Å². The lowest BCUT2D eigenvalue weighted by Crippen LogP contribution is -2.09. The number of hydrogen-bond acceptors (Lipinski definition) is 3. The van der Waals surface area contributed by atoms with Crippen LogP contribution in [0.4, 0.5) is 0 Å². The van der Waals surface area contributed by atoms with E-state index in [9.17, 15) is 5.26 Å². The Bertz CT molecular complexity index is 2200. The highest BCUT2D eigenvalue weighted by Gasteiger charge is 2.19. The van der Waals surface area contributed by atoms with Crippen LogP contribution in [0.3, 0.4) is 0 Å². The molecule has 40 heavy (non-hydrogen) atoms. The van der Waals surface area contributed by atoms with Gasteiger partial charge in [-0.2, -0.15) is 5.26 Å².